The summed E-state index contributed by atoms with van der Waals surface area (Å²) < 4.78 is 0. The fourth-order valence-corrected chi connectivity index (χ4v) is 6.15. The second kappa shape index (κ2) is 8.49. The lowest BCUT2D eigenvalue weighted by molar-refractivity contribution is -0.124. The van der Waals surface area contributed by atoms with E-state index < -0.39 is 4.87 Å². The Morgan fingerprint density at radius 3 is 2.41 bits per heavy atom. The normalized spacial score (nSPS) is 19.1. The summed E-state index contributed by atoms with van der Waals surface area (Å²) in [4.78, 5) is 41.9. The highest BCUT2D eigenvalue weighted by Crippen LogP contribution is 2.55. The van der Waals surface area contributed by atoms with E-state index in [1.165, 1.54) is 16.7 Å². The van der Waals surface area contributed by atoms with Gasteiger partial charge in [-0.25, -0.2) is 0 Å². The standard InChI is InChI=1S/C26H22ClN3O3S/c1-16-11-17(2)13-20(12-16)30-24(32)15-34-26(30)21-5-3-4-6-22(21)29(25(26)33)14-23(31)28-19-9-7-18(27)8-10-19/h3-13H,14-15H2,1-2H3,(H,28,31)/t26-/m1/s1. The largest absolute Gasteiger partial charge is 0.325 e. The molecule has 0 radical (unpaired) electrons. The van der Waals surface area contributed by atoms with Gasteiger partial charge in [0.2, 0.25) is 16.7 Å². The molecule has 2 aliphatic heterocycles. The van der Waals surface area contributed by atoms with Crippen molar-refractivity contribution in [2.45, 2.75) is 18.7 Å². The van der Waals surface area contributed by atoms with Gasteiger partial charge in [0.05, 0.1) is 11.4 Å². The number of hydrogen-bond acceptors (Lipinski definition) is 4. The first-order valence-electron chi connectivity index (χ1n) is 10.8. The number of fused-ring (bicyclic) bond motifs is 2. The molecule has 3 aromatic carbocycles. The Hall–Kier alpha value is -3.29. The van der Waals surface area contributed by atoms with Gasteiger partial charge in [-0.1, -0.05) is 35.9 Å². The lowest BCUT2D eigenvalue weighted by Crippen LogP contribution is -2.51. The molecule has 3 aromatic rings. The maximum atomic E-state index is 14.0. The van der Waals surface area contributed by atoms with Crippen LogP contribution in [0.1, 0.15) is 16.7 Å². The molecule has 34 heavy (non-hydrogen) atoms. The van der Waals surface area contributed by atoms with Gasteiger partial charge in [-0.3, -0.25) is 24.2 Å². The third-order valence-electron chi connectivity index (χ3n) is 5.96. The van der Waals surface area contributed by atoms with Gasteiger partial charge in [0.15, 0.2) is 0 Å². The van der Waals surface area contributed by atoms with Crippen LogP contribution in [0, 0.1) is 13.8 Å². The van der Waals surface area contributed by atoms with Crippen LogP contribution in [0.5, 0.6) is 0 Å². The first-order valence-corrected chi connectivity index (χ1v) is 12.2. The summed E-state index contributed by atoms with van der Waals surface area (Å²) in [7, 11) is 0. The Morgan fingerprint density at radius 2 is 1.71 bits per heavy atom. The molecule has 8 heteroatoms. The number of para-hydroxylation sites is 1. The molecule has 1 saturated heterocycles. The molecule has 5 rings (SSSR count). The molecular formula is C26H22ClN3O3S. The Kier molecular flexibility index (Phi) is 5.62. The number of nitrogens with one attached hydrogen (secondary N) is 1. The van der Waals surface area contributed by atoms with E-state index in [2.05, 4.69) is 5.32 Å². The highest BCUT2D eigenvalue weighted by atomic mass is 35.5. The van der Waals surface area contributed by atoms with Crippen molar-refractivity contribution in [1.82, 2.24) is 0 Å². The summed E-state index contributed by atoms with van der Waals surface area (Å²) >= 11 is 7.23. The molecule has 0 bridgehead atoms. The molecule has 1 fully saturated rings. The van der Waals surface area contributed by atoms with Crippen molar-refractivity contribution in [1.29, 1.82) is 0 Å². The first-order chi connectivity index (χ1) is 16.3. The first kappa shape index (κ1) is 22.5. The van der Waals surface area contributed by atoms with Crippen LogP contribution in [0.2, 0.25) is 5.02 Å². The van der Waals surface area contributed by atoms with Gasteiger partial charge in [-0.05, 0) is 67.4 Å². The smallest absolute Gasteiger partial charge is 0.269 e. The number of rotatable bonds is 4. The predicted molar refractivity (Wildman–Crippen MR) is 136 cm³/mol. The molecule has 172 valence electrons. The highest BCUT2D eigenvalue weighted by molar-refractivity contribution is 8.02. The zero-order chi connectivity index (χ0) is 24.0. The third-order valence-corrected chi connectivity index (χ3v) is 7.60. The third kappa shape index (κ3) is 3.65. The topological polar surface area (TPSA) is 69.7 Å². The van der Waals surface area contributed by atoms with Gasteiger partial charge in [0.25, 0.3) is 5.91 Å². The molecule has 0 saturated carbocycles. The molecule has 1 atom stereocenters. The average molecular weight is 492 g/mol. The quantitative estimate of drug-likeness (QED) is 0.565. The SMILES string of the molecule is Cc1cc(C)cc(N2C(=O)CS[C@]23C(=O)N(CC(=O)Nc2ccc(Cl)cc2)c2ccccc23)c1. The van der Waals surface area contributed by atoms with Gasteiger partial charge < -0.3 is 5.32 Å². The second-order valence-electron chi connectivity index (χ2n) is 8.47. The molecular weight excluding hydrogens is 470 g/mol. The predicted octanol–water partition coefficient (Wildman–Crippen LogP) is 4.87. The van der Waals surface area contributed by atoms with Crippen molar-refractivity contribution in [3.8, 4) is 0 Å². The maximum absolute atomic E-state index is 14.0. The van der Waals surface area contributed by atoms with Crippen LogP contribution in [0.25, 0.3) is 0 Å². The molecule has 0 aliphatic carbocycles. The summed E-state index contributed by atoms with van der Waals surface area (Å²) in [6.45, 7) is 3.76. The number of halogens is 1. The van der Waals surface area contributed by atoms with Crippen molar-refractivity contribution in [2.24, 2.45) is 0 Å². The number of carbonyl (C=O) groups is 3. The zero-order valence-corrected chi connectivity index (χ0v) is 20.2. The van der Waals surface area contributed by atoms with Crippen LogP contribution < -0.4 is 15.1 Å². The minimum Gasteiger partial charge on any atom is -0.325 e. The fourth-order valence-electron chi connectivity index (χ4n) is 4.67. The van der Waals surface area contributed by atoms with Crippen LogP contribution in [0.4, 0.5) is 17.1 Å². The number of carbonyl (C=O) groups excluding carboxylic acids is 3. The minimum atomic E-state index is -1.24. The molecule has 0 unspecified atom stereocenters. The number of hydrogen-bond donors (Lipinski definition) is 1. The molecule has 0 aromatic heterocycles. The number of amides is 3. The van der Waals surface area contributed by atoms with Gasteiger partial charge in [0, 0.05) is 22.0 Å². The second-order valence-corrected chi connectivity index (χ2v) is 10.1. The lowest BCUT2D eigenvalue weighted by atomic mass is 10.0. The number of benzene rings is 3. The van der Waals surface area contributed by atoms with Crippen molar-refractivity contribution in [2.75, 3.05) is 27.4 Å². The van der Waals surface area contributed by atoms with Crippen LogP contribution in [-0.2, 0) is 19.3 Å². The van der Waals surface area contributed by atoms with Crippen LogP contribution in [-0.4, -0.2) is 30.0 Å². The molecule has 2 aliphatic rings. The van der Waals surface area contributed by atoms with Crippen LogP contribution in [0.15, 0.2) is 66.7 Å². The summed E-state index contributed by atoms with van der Waals surface area (Å²) in [5, 5.41) is 3.38. The van der Waals surface area contributed by atoms with E-state index in [0.717, 1.165) is 11.1 Å². The van der Waals surface area contributed by atoms with E-state index in [1.807, 2.05) is 56.3 Å². The molecule has 1 N–H and O–H groups in total. The van der Waals surface area contributed by atoms with Crippen LogP contribution in [0.3, 0.4) is 0 Å². The van der Waals surface area contributed by atoms with Crippen LogP contribution >= 0.6 is 23.4 Å². The molecule has 2 heterocycles. The van der Waals surface area contributed by atoms with E-state index in [1.54, 1.807) is 29.2 Å². The number of nitrogens with zero attached hydrogens (tertiary/aromatic N) is 2. The Morgan fingerprint density at radius 1 is 1.03 bits per heavy atom. The highest BCUT2D eigenvalue weighted by Gasteiger charge is 2.61. The number of thioether (sulfide) groups is 1. The fraction of sp³-hybridized carbons (Fsp3) is 0.192. The van der Waals surface area contributed by atoms with Gasteiger partial charge in [-0.2, -0.15) is 0 Å². The zero-order valence-electron chi connectivity index (χ0n) is 18.7. The van der Waals surface area contributed by atoms with Gasteiger partial charge in [-0.15, -0.1) is 11.8 Å². The molecule has 3 amide bonds. The molecule has 6 nitrogen and oxygen atoms in total. The van der Waals surface area contributed by atoms with Crippen molar-refractivity contribution >= 4 is 58.1 Å². The summed E-state index contributed by atoms with van der Waals surface area (Å²) in [5.74, 6) is -0.590. The van der Waals surface area contributed by atoms with E-state index in [0.29, 0.717) is 27.6 Å². The molecule has 1 spiro atoms. The van der Waals surface area contributed by atoms with Gasteiger partial charge >= 0.3 is 0 Å². The van der Waals surface area contributed by atoms with Crippen molar-refractivity contribution < 1.29 is 14.4 Å². The summed E-state index contributed by atoms with van der Waals surface area (Å²) in [6.07, 6.45) is 0. The summed E-state index contributed by atoms with van der Waals surface area (Å²) in [5.41, 5.74) is 4.64. The number of aryl methyl sites for hydroxylation is 2. The van der Waals surface area contributed by atoms with Gasteiger partial charge in [0.1, 0.15) is 6.54 Å². The Balaban J connectivity index is 1.53. The minimum absolute atomic E-state index is 0.134. The van der Waals surface area contributed by atoms with Crippen molar-refractivity contribution in [3.63, 3.8) is 0 Å². The average Bonchev–Trinajstić information content (AvgIpc) is 3.26. The van der Waals surface area contributed by atoms with Crippen molar-refractivity contribution in [3.05, 3.63) is 88.4 Å². The van der Waals surface area contributed by atoms with E-state index in [4.69, 9.17) is 11.6 Å². The van der Waals surface area contributed by atoms with E-state index in [9.17, 15) is 14.4 Å². The van der Waals surface area contributed by atoms with E-state index >= 15 is 0 Å². The summed E-state index contributed by atoms with van der Waals surface area (Å²) in [6, 6.07) is 20.0. The maximum Gasteiger partial charge on any atom is 0.269 e. The monoisotopic (exact) mass is 491 g/mol. The number of anilines is 3. The lowest BCUT2D eigenvalue weighted by Gasteiger charge is -2.33. The Bertz CT molecular complexity index is 1310. The van der Waals surface area contributed by atoms with E-state index in [-0.39, 0.29) is 30.0 Å². The Labute approximate surface area is 206 Å².